The highest BCUT2D eigenvalue weighted by molar-refractivity contribution is 5.93. The van der Waals surface area contributed by atoms with Crippen LogP contribution in [-0.4, -0.2) is 38.6 Å². The van der Waals surface area contributed by atoms with E-state index in [1.165, 1.54) is 0 Å². The van der Waals surface area contributed by atoms with Gasteiger partial charge in [-0.25, -0.2) is 0 Å². The number of nitrogens with one attached hydrogen (secondary N) is 3. The van der Waals surface area contributed by atoms with Gasteiger partial charge in [-0.3, -0.25) is 9.59 Å². The van der Waals surface area contributed by atoms with Crippen molar-refractivity contribution in [1.82, 2.24) is 10.6 Å². The Morgan fingerprint density at radius 3 is 3.00 bits per heavy atom. The fourth-order valence-corrected chi connectivity index (χ4v) is 2.42. The number of benzene rings is 1. The Balaban J connectivity index is 1.88. The van der Waals surface area contributed by atoms with Gasteiger partial charge < -0.3 is 20.7 Å². The van der Waals surface area contributed by atoms with Crippen LogP contribution in [0.4, 0.5) is 5.69 Å². The molecule has 0 saturated carbocycles. The van der Waals surface area contributed by atoms with Crippen molar-refractivity contribution >= 4 is 17.5 Å². The van der Waals surface area contributed by atoms with Crippen LogP contribution in [0.5, 0.6) is 0 Å². The maximum Gasteiger partial charge on any atom is 0.234 e. The Labute approximate surface area is 130 Å². The van der Waals surface area contributed by atoms with E-state index in [-0.39, 0.29) is 24.4 Å². The van der Waals surface area contributed by atoms with Crippen molar-refractivity contribution in [3.05, 3.63) is 29.3 Å². The van der Waals surface area contributed by atoms with Crippen molar-refractivity contribution in [3.63, 3.8) is 0 Å². The molecular weight excluding hydrogens is 282 g/mol. The summed E-state index contributed by atoms with van der Waals surface area (Å²) in [6.07, 6.45) is 1.26. The molecule has 3 N–H and O–H groups in total. The summed E-state index contributed by atoms with van der Waals surface area (Å²) in [5, 5.41) is 8.83. The van der Waals surface area contributed by atoms with Crippen LogP contribution in [0.2, 0.25) is 0 Å². The summed E-state index contributed by atoms with van der Waals surface area (Å²) >= 11 is 0. The van der Waals surface area contributed by atoms with Gasteiger partial charge in [0.05, 0.1) is 19.2 Å². The summed E-state index contributed by atoms with van der Waals surface area (Å²) in [7, 11) is 1.63. The molecule has 2 rings (SSSR count). The summed E-state index contributed by atoms with van der Waals surface area (Å²) in [6.45, 7) is 3.46. The SMILES string of the molecule is COCCNCC(=O)NC(C)c1ccc2c(c1)CCC(=O)N2. The molecule has 1 heterocycles. The van der Waals surface area contributed by atoms with Crippen molar-refractivity contribution in [1.29, 1.82) is 0 Å². The third-order valence-electron chi connectivity index (χ3n) is 3.67. The molecule has 0 aromatic heterocycles. The van der Waals surface area contributed by atoms with Gasteiger partial charge in [0.1, 0.15) is 0 Å². The average Bonchev–Trinajstić information content (AvgIpc) is 2.51. The van der Waals surface area contributed by atoms with Crippen LogP contribution in [0, 0.1) is 0 Å². The number of amides is 2. The van der Waals surface area contributed by atoms with Gasteiger partial charge in [0.15, 0.2) is 0 Å². The van der Waals surface area contributed by atoms with E-state index < -0.39 is 0 Å². The molecule has 6 nitrogen and oxygen atoms in total. The number of aryl methyl sites for hydroxylation is 1. The number of hydrogen-bond donors (Lipinski definition) is 3. The van der Waals surface area contributed by atoms with Gasteiger partial charge in [-0.15, -0.1) is 0 Å². The summed E-state index contributed by atoms with van der Waals surface area (Å²) in [5.41, 5.74) is 3.04. The lowest BCUT2D eigenvalue weighted by Gasteiger charge is -2.20. The Morgan fingerprint density at radius 1 is 1.41 bits per heavy atom. The van der Waals surface area contributed by atoms with Crippen molar-refractivity contribution in [2.45, 2.75) is 25.8 Å². The Hall–Kier alpha value is -1.92. The van der Waals surface area contributed by atoms with Gasteiger partial charge in [-0.2, -0.15) is 0 Å². The maximum atomic E-state index is 11.9. The number of rotatable bonds is 7. The first-order chi connectivity index (χ1) is 10.6. The van der Waals surface area contributed by atoms with E-state index in [0.29, 0.717) is 19.6 Å². The van der Waals surface area contributed by atoms with Crippen molar-refractivity contribution < 1.29 is 14.3 Å². The molecule has 0 fully saturated rings. The van der Waals surface area contributed by atoms with Gasteiger partial charge in [0.25, 0.3) is 0 Å². The number of methoxy groups -OCH3 is 1. The van der Waals surface area contributed by atoms with Crippen molar-refractivity contribution in [3.8, 4) is 0 Å². The molecule has 120 valence electrons. The molecule has 6 heteroatoms. The summed E-state index contributed by atoms with van der Waals surface area (Å²) in [5.74, 6) is 0.0124. The molecule has 1 aliphatic rings. The Bertz CT molecular complexity index is 545. The molecule has 1 aliphatic heterocycles. The molecule has 1 unspecified atom stereocenters. The predicted molar refractivity (Wildman–Crippen MR) is 84.7 cm³/mol. The molecule has 1 aromatic carbocycles. The summed E-state index contributed by atoms with van der Waals surface area (Å²) < 4.78 is 4.91. The number of anilines is 1. The maximum absolute atomic E-state index is 11.9. The van der Waals surface area contributed by atoms with Crippen LogP contribution >= 0.6 is 0 Å². The van der Waals surface area contributed by atoms with Gasteiger partial charge in [0.2, 0.25) is 11.8 Å². The van der Waals surface area contributed by atoms with Crippen LogP contribution in [0.25, 0.3) is 0 Å². The molecule has 0 saturated heterocycles. The normalized spacial score (nSPS) is 14.9. The van der Waals surface area contributed by atoms with Crippen molar-refractivity contribution in [2.75, 3.05) is 32.1 Å². The second-order valence-corrected chi connectivity index (χ2v) is 5.42. The molecular formula is C16H23N3O3. The molecule has 0 bridgehead atoms. The van der Waals surface area contributed by atoms with Crippen LogP contribution in [0.15, 0.2) is 18.2 Å². The third-order valence-corrected chi connectivity index (χ3v) is 3.67. The van der Waals surface area contributed by atoms with Crippen LogP contribution in [0.3, 0.4) is 0 Å². The second-order valence-electron chi connectivity index (χ2n) is 5.42. The van der Waals surface area contributed by atoms with Gasteiger partial charge in [0, 0.05) is 25.8 Å². The largest absolute Gasteiger partial charge is 0.383 e. The lowest BCUT2D eigenvalue weighted by molar-refractivity contribution is -0.121. The van der Waals surface area contributed by atoms with Crippen LogP contribution in [0.1, 0.15) is 30.5 Å². The first-order valence-electron chi connectivity index (χ1n) is 7.52. The molecule has 0 spiro atoms. The minimum atomic E-state index is -0.0698. The first kappa shape index (κ1) is 16.5. The Kier molecular flexibility index (Phi) is 5.91. The minimum absolute atomic E-state index is 0.0466. The molecule has 0 radical (unpaired) electrons. The van der Waals surface area contributed by atoms with Gasteiger partial charge >= 0.3 is 0 Å². The Morgan fingerprint density at radius 2 is 2.23 bits per heavy atom. The lowest BCUT2D eigenvalue weighted by atomic mass is 9.98. The fourth-order valence-electron chi connectivity index (χ4n) is 2.42. The van der Waals surface area contributed by atoms with E-state index in [2.05, 4.69) is 22.0 Å². The van der Waals surface area contributed by atoms with Crippen LogP contribution < -0.4 is 16.0 Å². The van der Waals surface area contributed by atoms with E-state index >= 15 is 0 Å². The van der Waals surface area contributed by atoms with E-state index in [1.807, 2.05) is 19.1 Å². The first-order valence-corrected chi connectivity index (χ1v) is 7.52. The van der Waals surface area contributed by atoms with E-state index in [4.69, 9.17) is 4.74 Å². The van der Waals surface area contributed by atoms with Crippen LogP contribution in [-0.2, 0) is 20.7 Å². The zero-order valence-corrected chi connectivity index (χ0v) is 13.1. The van der Waals surface area contributed by atoms with E-state index in [1.54, 1.807) is 7.11 Å². The number of carbonyl (C=O) groups is 2. The highest BCUT2D eigenvalue weighted by Crippen LogP contribution is 2.25. The van der Waals surface area contributed by atoms with E-state index in [9.17, 15) is 9.59 Å². The second kappa shape index (κ2) is 7.91. The number of hydrogen-bond acceptors (Lipinski definition) is 4. The highest BCUT2D eigenvalue weighted by Gasteiger charge is 2.17. The quantitative estimate of drug-likeness (QED) is 0.656. The molecule has 22 heavy (non-hydrogen) atoms. The number of carbonyl (C=O) groups excluding carboxylic acids is 2. The number of fused-ring (bicyclic) bond motifs is 1. The zero-order chi connectivity index (χ0) is 15.9. The molecule has 1 aromatic rings. The monoisotopic (exact) mass is 305 g/mol. The minimum Gasteiger partial charge on any atom is -0.383 e. The summed E-state index contributed by atoms with van der Waals surface area (Å²) in [4.78, 5) is 23.2. The van der Waals surface area contributed by atoms with Gasteiger partial charge in [-0.05, 0) is 30.5 Å². The lowest BCUT2D eigenvalue weighted by Crippen LogP contribution is -2.36. The van der Waals surface area contributed by atoms with E-state index in [0.717, 1.165) is 23.2 Å². The molecule has 2 amide bonds. The number of ether oxygens (including phenoxy) is 1. The fraction of sp³-hybridized carbons (Fsp3) is 0.500. The standard InChI is InChI=1S/C16H23N3O3/c1-11(18-16(21)10-17-7-8-22-2)12-3-5-14-13(9-12)4-6-15(20)19-14/h3,5,9,11,17H,4,6-8,10H2,1-2H3,(H,18,21)(H,19,20). The molecule has 0 aliphatic carbocycles. The van der Waals surface area contributed by atoms with Crippen molar-refractivity contribution in [2.24, 2.45) is 0 Å². The van der Waals surface area contributed by atoms with Gasteiger partial charge in [-0.1, -0.05) is 12.1 Å². The third kappa shape index (κ3) is 4.54. The topological polar surface area (TPSA) is 79.5 Å². The zero-order valence-electron chi connectivity index (χ0n) is 13.1. The predicted octanol–water partition coefficient (Wildman–Crippen LogP) is 0.985. The highest BCUT2D eigenvalue weighted by atomic mass is 16.5. The smallest absolute Gasteiger partial charge is 0.234 e. The summed E-state index contributed by atoms with van der Waals surface area (Å²) in [6, 6.07) is 5.83. The molecule has 1 atom stereocenters. The average molecular weight is 305 g/mol.